The predicted molar refractivity (Wildman–Crippen MR) is 132 cm³/mol. The first kappa shape index (κ1) is 21.1. The van der Waals surface area contributed by atoms with Gasteiger partial charge in [0.25, 0.3) is 0 Å². The Morgan fingerprint density at radius 1 is 0.786 bits per heavy atom. The van der Waals surface area contributed by atoms with Crippen molar-refractivity contribution in [3.8, 4) is 0 Å². The van der Waals surface area contributed by atoms with Gasteiger partial charge in [0.2, 0.25) is 0 Å². The Morgan fingerprint density at radius 3 is 1.71 bits per heavy atom. The summed E-state index contributed by atoms with van der Waals surface area (Å²) in [4.78, 5) is 1.88. The Hall–Kier alpha value is -1.65. The monoisotopic (exact) mass is 404 g/mol. The van der Waals surface area contributed by atoms with Crippen LogP contribution in [0.15, 0.2) is 58.5 Å². The van der Waals surface area contributed by atoms with Crippen LogP contribution in [0.2, 0.25) is 32.2 Å². The molecule has 2 aromatic carbocycles. The van der Waals surface area contributed by atoms with E-state index in [1.165, 1.54) is 28.3 Å². The van der Waals surface area contributed by atoms with Crippen LogP contribution in [0.4, 0.5) is 0 Å². The maximum atomic E-state index is 2.62. The average Bonchev–Trinajstić information content (AvgIpc) is 2.89. The lowest BCUT2D eigenvalue weighted by Crippen LogP contribution is -2.44. The van der Waals surface area contributed by atoms with Crippen molar-refractivity contribution in [1.82, 2.24) is 0 Å². The zero-order valence-corrected chi connectivity index (χ0v) is 21.0. The molecular weight excluding hydrogens is 368 g/mol. The molecule has 0 atom stereocenters. The van der Waals surface area contributed by atoms with Crippen LogP contribution >= 0.6 is 0 Å². The molecule has 1 aliphatic rings. The van der Waals surface area contributed by atoms with E-state index in [1.807, 2.05) is 4.82 Å². The summed E-state index contributed by atoms with van der Waals surface area (Å²) in [5.41, 5.74) is 8.73. The predicted octanol–water partition coefficient (Wildman–Crippen LogP) is 7.99. The van der Waals surface area contributed by atoms with Gasteiger partial charge in [0.1, 0.15) is 0 Å². The van der Waals surface area contributed by atoms with Crippen LogP contribution in [0.25, 0.3) is 11.1 Å². The number of hydrogen-bond acceptors (Lipinski definition) is 0. The summed E-state index contributed by atoms with van der Waals surface area (Å²) < 4.78 is 0. The zero-order chi connectivity index (χ0) is 20.7. The van der Waals surface area contributed by atoms with Crippen LogP contribution in [0, 0.1) is 13.8 Å². The molecule has 0 amide bonds. The molecule has 28 heavy (non-hydrogen) atoms. The van der Waals surface area contributed by atoms with Gasteiger partial charge in [-0.3, -0.25) is 0 Å². The third-order valence-electron chi connectivity index (χ3n) is 6.71. The Morgan fingerprint density at radius 2 is 1.29 bits per heavy atom. The Labute approximate surface area is 174 Å². The van der Waals surface area contributed by atoms with Gasteiger partial charge in [0.05, 0.1) is 16.1 Å². The van der Waals surface area contributed by atoms with E-state index in [4.69, 9.17) is 0 Å². The number of allylic oxidation sites excluding steroid dienone is 3. The highest BCUT2D eigenvalue weighted by molar-refractivity contribution is 7.11. The minimum atomic E-state index is -1.66. The van der Waals surface area contributed by atoms with Gasteiger partial charge in [-0.05, 0) is 42.5 Å². The molecule has 0 saturated heterocycles. The second kappa shape index (κ2) is 7.64. The van der Waals surface area contributed by atoms with Crippen molar-refractivity contribution in [3.05, 3.63) is 80.8 Å². The largest absolute Gasteiger partial charge is 0.1000 e. The minimum Gasteiger partial charge on any atom is -0.0783 e. The average molecular weight is 405 g/mol. The highest BCUT2D eigenvalue weighted by atomic mass is 28.4. The molecule has 0 aromatic heterocycles. The maximum absolute atomic E-state index is 2.62. The first-order valence-electron chi connectivity index (χ1n) is 10.8. The minimum absolute atomic E-state index is 1.16. The molecule has 2 heteroatoms. The molecule has 0 N–H and O–H groups in total. The second-order valence-electron chi connectivity index (χ2n) is 9.56. The topological polar surface area (TPSA) is 0 Å². The van der Waals surface area contributed by atoms with Crippen LogP contribution in [0.1, 0.15) is 42.5 Å². The summed E-state index contributed by atoms with van der Waals surface area (Å²) in [7, 11) is -3.15. The van der Waals surface area contributed by atoms with E-state index in [9.17, 15) is 0 Å². The normalized spacial score (nSPS) is 16.9. The quantitative estimate of drug-likeness (QED) is 0.443. The van der Waals surface area contributed by atoms with E-state index in [2.05, 4.69) is 102 Å². The molecule has 2 aromatic rings. The molecule has 3 rings (SSSR count). The second-order valence-corrected chi connectivity index (χ2v) is 19.4. The van der Waals surface area contributed by atoms with Gasteiger partial charge in [-0.1, -0.05) is 116 Å². The fourth-order valence-electron chi connectivity index (χ4n) is 5.24. The van der Waals surface area contributed by atoms with E-state index < -0.39 is 16.1 Å². The summed E-state index contributed by atoms with van der Waals surface area (Å²) in [6, 6.07) is 19.7. The summed E-state index contributed by atoms with van der Waals surface area (Å²) >= 11 is 0. The molecule has 0 saturated carbocycles. The van der Waals surface area contributed by atoms with Crippen molar-refractivity contribution in [2.75, 3.05) is 0 Å². The van der Waals surface area contributed by atoms with Crippen molar-refractivity contribution in [3.63, 3.8) is 0 Å². The van der Waals surface area contributed by atoms with Crippen LogP contribution in [0.3, 0.4) is 0 Å². The molecule has 0 aliphatic carbocycles. The lowest BCUT2D eigenvalue weighted by molar-refractivity contribution is 1.18. The standard InChI is InChI=1S/C26H36Si2/c1-9-23-24(21-15-11-13-19(3)17-21)25(22-16-12-14-20(4)18-22)26(28(23,7)8)27(5,6)10-2/h11-18H,9-10H2,1-8H3. The van der Waals surface area contributed by atoms with Crippen LogP contribution in [-0.2, 0) is 0 Å². The van der Waals surface area contributed by atoms with Crippen molar-refractivity contribution in [1.29, 1.82) is 0 Å². The molecular formula is C26H36Si2. The Kier molecular flexibility index (Phi) is 5.75. The summed E-state index contributed by atoms with van der Waals surface area (Å²) in [6.07, 6.45) is 1.16. The van der Waals surface area contributed by atoms with Gasteiger partial charge in [0, 0.05) is 0 Å². The smallest absolute Gasteiger partial charge is 0.0783 e. The van der Waals surface area contributed by atoms with Gasteiger partial charge in [-0.25, -0.2) is 0 Å². The van der Waals surface area contributed by atoms with Crippen molar-refractivity contribution >= 4 is 27.3 Å². The molecule has 0 fully saturated rings. The summed E-state index contributed by atoms with van der Waals surface area (Å²) in [5.74, 6) is 0. The van der Waals surface area contributed by atoms with Crippen LogP contribution in [0.5, 0.6) is 0 Å². The Balaban J connectivity index is 2.44. The fourth-order valence-corrected chi connectivity index (χ4v) is 17.3. The van der Waals surface area contributed by atoms with Crippen molar-refractivity contribution in [2.24, 2.45) is 0 Å². The molecule has 0 unspecified atom stereocenters. The lowest BCUT2D eigenvalue weighted by Gasteiger charge is -2.35. The summed E-state index contributed by atoms with van der Waals surface area (Å²) in [6.45, 7) is 19.6. The number of benzene rings is 2. The summed E-state index contributed by atoms with van der Waals surface area (Å²) in [5, 5.41) is 1.75. The van der Waals surface area contributed by atoms with E-state index >= 15 is 0 Å². The van der Waals surface area contributed by atoms with Gasteiger partial charge in [0.15, 0.2) is 0 Å². The third kappa shape index (κ3) is 3.53. The van der Waals surface area contributed by atoms with Crippen LogP contribution in [-0.4, -0.2) is 16.1 Å². The molecule has 0 radical (unpaired) electrons. The van der Waals surface area contributed by atoms with E-state index in [0.717, 1.165) is 6.42 Å². The molecule has 0 nitrogen and oxygen atoms in total. The van der Waals surface area contributed by atoms with Crippen molar-refractivity contribution in [2.45, 2.75) is 66.3 Å². The van der Waals surface area contributed by atoms with Crippen molar-refractivity contribution < 1.29 is 0 Å². The highest BCUT2D eigenvalue weighted by Gasteiger charge is 2.47. The molecule has 0 spiro atoms. The SMILES string of the molecule is CCC1=C(c2cccc(C)c2)C(c2cccc(C)c2)=C([Si](C)(C)CC)[Si]1(C)C. The fraction of sp³-hybridized carbons (Fsp3) is 0.385. The van der Waals surface area contributed by atoms with Gasteiger partial charge in [-0.2, -0.15) is 0 Å². The molecule has 1 heterocycles. The number of hydrogen-bond donors (Lipinski definition) is 0. The number of rotatable bonds is 5. The molecule has 148 valence electrons. The third-order valence-corrected chi connectivity index (χ3v) is 17.6. The van der Waals surface area contributed by atoms with Gasteiger partial charge >= 0.3 is 0 Å². The number of aryl methyl sites for hydroxylation is 2. The lowest BCUT2D eigenvalue weighted by atomic mass is 9.91. The van der Waals surface area contributed by atoms with Crippen LogP contribution < -0.4 is 0 Å². The van der Waals surface area contributed by atoms with E-state index in [0.29, 0.717) is 0 Å². The van der Waals surface area contributed by atoms with E-state index in [1.54, 1.807) is 16.3 Å². The molecule has 0 bridgehead atoms. The van der Waals surface area contributed by atoms with Gasteiger partial charge < -0.3 is 0 Å². The first-order valence-corrected chi connectivity index (χ1v) is 17.0. The highest BCUT2D eigenvalue weighted by Crippen LogP contribution is 2.52. The zero-order valence-electron chi connectivity index (χ0n) is 19.0. The maximum Gasteiger partial charge on any atom is 0.1000 e. The molecule has 1 aliphatic heterocycles. The Bertz CT molecular complexity index is 958. The van der Waals surface area contributed by atoms with Gasteiger partial charge in [-0.15, -0.1) is 0 Å². The van der Waals surface area contributed by atoms with E-state index in [-0.39, 0.29) is 0 Å². The first-order chi connectivity index (χ1) is 13.1.